The predicted molar refractivity (Wildman–Crippen MR) is 99.8 cm³/mol. The smallest absolute Gasteiger partial charge is 0.257 e. The highest BCUT2D eigenvalue weighted by atomic mass is 32.1. The van der Waals surface area contributed by atoms with Gasteiger partial charge >= 0.3 is 0 Å². The van der Waals surface area contributed by atoms with E-state index < -0.39 is 5.91 Å². The number of nitrogens with two attached hydrogens (primary N) is 1. The Bertz CT molecular complexity index is 916. The van der Waals surface area contributed by atoms with Crippen LogP contribution in [0.1, 0.15) is 33.2 Å². The van der Waals surface area contributed by atoms with Gasteiger partial charge in [-0.2, -0.15) is 0 Å². The lowest BCUT2D eigenvalue weighted by molar-refractivity contribution is 0.1000. The van der Waals surface area contributed by atoms with Gasteiger partial charge in [0.1, 0.15) is 0 Å². The number of hydrogen-bond acceptors (Lipinski definition) is 4. The van der Waals surface area contributed by atoms with Gasteiger partial charge in [0.25, 0.3) is 5.91 Å². The highest BCUT2D eigenvalue weighted by Crippen LogP contribution is 2.25. The lowest BCUT2D eigenvalue weighted by Crippen LogP contribution is -2.15. The molecule has 0 radical (unpaired) electrons. The van der Waals surface area contributed by atoms with Crippen molar-refractivity contribution in [1.82, 2.24) is 4.98 Å². The van der Waals surface area contributed by atoms with Gasteiger partial charge < -0.3 is 5.73 Å². The van der Waals surface area contributed by atoms with Crippen LogP contribution < -0.4 is 11.1 Å². The minimum absolute atomic E-state index is 0.295. The van der Waals surface area contributed by atoms with Crippen LogP contribution >= 0.6 is 11.3 Å². The molecule has 0 aliphatic heterocycles. The van der Waals surface area contributed by atoms with Crippen molar-refractivity contribution in [2.45, 2.75) is 13.3 Å². The average Bonchev–Trinajstić information content (AvgIpc) is 3.10. The zero-order valence-electron chi connectivity index (χ0n) is 13.7. The van der Waals surface area contributed by atoms with Crippen molar-refractivity contribution in [3.05, 3.63) is 70.6 Å². The SMILES string of the molecule is CCc1ccc(-c2csc(NC(=O)c3cccc(C(N)=O)c3)n2)cc1. The van der Waals surface area contributed by atoms with E-state index in [9.17, 15) is 9.59 Å². The number of primary amides is 1. The summed E-state index contributed by atoms with van der Waals surface area (Å²) in [6, 6.07) is 14.5. The first-order valence-corrected chi connectivity index (χ1v) is 8.71. The fourth-order valence-corrected chi connectivity index (χ4v) is 3.07. The van der Waals surface area contributed by atoms with E-state index in [1.165, 1.54) is 23.0 Å². The molecule has 6 heteroatoms. The summed E-state index contributed by atoms with van der Waals surface area (Å²) in [5, 5.41) is 5.16. The van der Waals surface area contributed by atoms with E-state index in [1.54, 1.807) is 18.2 Å². The molecule has 2 aromatic carbocycles. The van der Waals surface area contributed by atoms with Gasteiger partial charge in [0.15, 0.2) is 5.13 Å². The second-order valence-electron chi connectivity index (χ2n) is 5.49. The third-order valence-corrected chi connectivity index (χ3v) is 4.55. The highest BCUT2D eigenvalue weighted by molar-refractivity contribution is 7.14. The Morgan fingerprint density at radius 2 is 1.84 bits per heavy atom. The van der Waals surface area contributed by atoms with Gasteiger partial charge in [-0.05, 0) is 30.2 Å². The number of benzene rings is 2. The molecule has 0 saturated heterocycles. The first kappa shape index (κ1) is 16.9. The lowest BCUT2D eigenvalue weighted by Gasteiger charge is -2.03. The van der Waals surface area contributed by atoms with Crippen LogP contribution in [0, 0.1) is 0 Å². The third kappa shape index (κ3) is 3.92. The molecule has 0 aliphatic rings. The lowest BCUT2D eigenvalue weighted by atomic mass is 10.1. The molecule has 0 fully saturated rings. The number of rotatable bonds is 5. The van der Waals surface area contributed by atoms with Crippen molar-refractivity contribution < 1.29 is 9.59 Å². The number of hydrogen-bond donors (Lipinski definition) is 2. The first-order chi connectivity index (χ1) is 12.1. The Hall–Kier alpha value is -2.99. The van der Waals surface area contributed by atoms with E-state index in [0.29, 0.717) is 16.3 Å². The molecule has 3 rings (SSSR count). The quantitative estimate of drug-likeness (QED) is 0.734. The van der Waals surface area contributed by atoms with Crippen molar-refractivity contribution in [3.63, 3.8) is 0 Å². The van der Waals surface area contributed by atoms with Gasteiger partial charge in [-0.3, -0.25) is 14.9 Å². The molecule has 0 saturated carbocycles. The molecule has 0 spiro atoms. The summed E-state index contributed by atoms with van der Waals surface area (Å²) in [4.78, 5) is 28.0. The number of carbonyl (C=O) groups excluding carboxylic acids is 2. The van der Waals surface area contributed by atoms with Crippen molar-refractivity contribution in [2.75, 3.05) is 5.32 Å². The Kier molecular flexibility index (Phi) is 4.90. The predicted octanol–water partition coefficient (Wildman–Crippen LogP) is 3.72. The van der Waals surface area contributed by atoms with Crippen LogP contribution in [0.25, 0.3) is 11.3 Å². The van der Waals surface area contributed by atoms with Crippen molar-refractivity contribution >= 4 is 28.3 Å². The van der Waals surface area contributed by atoms with Gasteiger partial charge in [0.2, 0.25) is 5.91 Å². The number of nitrogens with zero attached hydrogens (tertiary/aromatic N) is 1. The summed E-state index contributed by atoms with van der Waals surface area (Å²) in [5.74, 6) is -0.896. The zero-order valence-corrected chi connectivity index (χ0v) is 14.5. The standard InChI is InChI=1S/C19H17N3O2S/c1-2-12-6-8-13(9-7-12)16-11-25-19(21-16)22-18(24)15-5-3-4-14(10-15)17(20)23/h3-11H,2H2,1H3,(H2,20,23)(H,21,22,24). The number of nitrogens with one attached hydrogen (secondary N) is 1. The topological polar surface area (TPSA) is 85.1 Å². The number of anilines is 1. The third-order valence-electron chi connectivity index (χ3n) is 3.79. The van der Waals surface area contributed by atoms with Gasteiger partial charge in [-0.15, -0.1) is 11.3 Å². The van der Waals surface area contributed by atoms with Crippen LogP contribution in [-0.4, -0.2) is 16.8 Å². The van der Waals surface area contributed by atoms with Gasteiger partial charge in [0.05, 0.1) is 5.69 Å². The van der Waals surface area contributed by atoms with E-state index in [4.69, 9.17) is 5.73 Å². The van der Waals surface area contributed by atoms with Crippen LogP contribution in [0.2, 0.25) is 0 Å². The molecule has 126 valence electrons. The molecule has 5 nitrogen and oxygen atoms in total. The van der Waals surface area contributed by atoms with Crippen molar-refractivity contribution in [2.24, 2.45) is 5.73 Å². The van der Waals surface area contributed by atoms with E-state index in [-0.39, 0.29) is 5.91 Å². The van der Waals surface area contributed by atoms with Crippen LogP contribution in [-0.2, 0) is 6.42 Å². The normalized spacial score (nSPS) is 10.4. The number of aryl methyl sites for hydroxylation is 1. The van der Waals surface area contributed by atoms with Crippen LogP contribution in [0.5, 0.6) is 0 Å². The van der Waals surface area contributed by atoms with Crippen molar-refractivity contribution in [1.29, 1.82) is 0 Å². The molecule has 1 aromatic heterocycles. The maximum Gasteiger partial charge on any atom is 0.257 e. The molecule has 3 aromatic rings. The summed E-state index contributed by atoms with van der Waals surface area (Å²) in [7, 11) is 0. The monoisotopic (exact) mass is 351 g/mol. The molecule has 0 bridgehead atoms. The molecule has 3 N–H and O–H groups in total. The van der Waals surface area contributed by atoms with Gasteiger partial charge in [0, 0.05) is 22.1 Å². The molecule has 2 amide bonds. The van der Waals surface area contributed by atoms with Crippen LogP contribution in [0.4, 0.5) is 5.13 Å². The summed E-state index contributed by atoms with van der Waals surface area (Å²) in [5.41, 5.74) is 8.98. The van der Waals surface area contributed by atoms with Crippen molar-refractivity contribution in [3.8, 4) is 11.3 Å². The summed E-state index contributed by atoms with van der Waals surface area (Å²) >= 11 is 1.35. The fraction of sp³-hybridized carbons (Fsp3) is 0.105. The Labute approximate surface area is 149 Å². The second-order valence-corrected chi connectivity index (χ2v) is 6.35. The second kappa shape index (κ2) is 7.27. The molecule has 1 heterocycles. The Balaban J connectivity index is 1.75. The minimum Gasteiger partial charge on any atom is -0.366 e. The highest BCUT2D eigenvalue weighted by Gasteiger charge is 2.11. The molecule has 0 atom stereocenters. The molecule has 0 aliphatic carbocycles. The maximum atomic E-state index is 12.3. The van der Waals surface area contributed by atoms with Gasteiger partial charge in [-0.25, -0.2) is 4.98 Å². The number of thiazole rings is 1. The van der Waals surface area contributed by atoms with E-state index in [2.05, 4.69) is 29.4 Å². The van der Waals surface area contributed by atoms with E-state index in [0.717, 1.165) is 17.7 Å². The fourth-order valence-electron chi connectivity index (χ4n) is 2.36. The van der Waals surface area contributed by atoms with Crippen LogP contribution in [0.3, 0.4) is 0 Å². The minimum atomic E-state index is -0.568. The van der Waals surface area contributed by atoms with E-state index >= 15 is 0 Å². The molecular weight excluding hydrogens is 334 g/mol. The molecule has 0 unspecified atom stereocenters. The largest absolute Gasteiger partial charge is 0.366 e. The average molecular weight is 351 g/mol. The Morgan fingerprint density at radius 3 is 2.52 bits per heavy atom. The number of amides is 2. The van der Waals surface area contributed by atoms with E-state index in [1.807, 2.05) is 17.5 Å². The summed E-state index contributed by atoms with van der Waals surface area (Å²) < 4.78 is 0. The number of carbonyl (C=O) groups is 2. The van der Waals surface area contributed by atoms with Crippen LogP contribution in [0.15, 0.2) is 53.9 Å². The number of aromatic nitrogens is 1. The summed E-state index contributed by atoms with van der Waals surface area (Å²) in [6.45, 7) is 2.11. The summed E-state index contributed by atoms with van der Waals surface area (Å²) in [6.07, 6.45) is 0.989. The zero-order chi connectivity index (χ0) is 17.8. The first-order valence-electron chi connectivity index (χ1n) is 7.83. The maximum absolute atomic E-state index is 12.3. The molecule has 25 heavy (non-hydrogen) atoms. The van der Waals surface area contributed by atoms with Gasteiger partial charge in [-0.1, -0.05) is 37.3 Å². The molecular formula is C19H17N3O2S. The Morgan fingerprint density at radius 1 is 1.12 bits per heavy atom.